The van der Waals surface area contributed by atoms with E-state index in [2.05, 4.69) is 9.17 Å². The molecular formula is C8H14N2O4S. The lowest BCUT2D eigenvalue weighted by molar-refractivity contribution is 0.351. The van der Waals surface area contributed by atoms with Gasteiger partial charge in [0.2, 0.25) is 0 Å². The summed E-state index contributed by atoms with van der Waals surface area (Å²) in [5, 5.41) is 0. The Bertz CT molecular complexity index is 412. The highest BCUT2D eigenvalue weighted by Gasteiger charge is 2.15. The van der Waals surface area contributed by atoms with Gasteiger partial charge in [-0.2, -0.15) is 8.42 Å². The lowest BCUT2D eigenvalue weighted by atomic mass is 10.2. The summed E-state index contributed by atoms with van der Waals surface area (Å²) < 4.78 is 35.4. The Hall–Kier alpha value is -1.08. The van der Waals surface area contributed by atoms with E-state index >= 15 is 0 Å². The van der Waals surface area contributed by atoms with E-state index in [1.807, 2.05) is 13.8 Å². The van der Waals surface area contributed by atoms with Gasteiger partial charge in [0.1, 0.15) is 0 Å². The Balaban J connectivity index is 2.86. The van der Waals surface area contributed by atoms with Gasteiger partial charge in [-0.1, -0.05) is 13.3 Å². The zero-order valence-electron chi connectivity index (χ0n) is 8.62. The summed E-state index contributed by atoms with van der Waals surface area (Å²) in [4.78, 5) is 3.71. The molecule has 0 saturated heterocycles. The highest BCUT2D eigenvalue weighted by molar-refractivity contribution is 7.81. The van der Waals surface area contributed by atoms with Crippen molar-refractivity contribution in [3.63, 3.8) is 0 Å². The molecule has 1 rings (SSSR count). The van der Waals surface area contributed by atoms with E-state index in [0.29, 0.717) is 0 Å². The quantitative estimate of drug-likeness (QED) is 0.779. The van der Waals surface area contributed by atoms with Crippen molar-refractivity contribution in [1.29, 1.82) is 0 Å². The Kier molecular flexibility index (Phi) is 3.70. The maximum Gasteiger partial charge on any atom is 0.449 e. The molecular weight excluding hydrogens is 220 g/mol. The summed E-state index contributed by atoms with van der Waals surface area (Å²) in [5.41, 5.74) is 0. The molecule has 0 aromatic carbocycles. The fourth-order valence-electron chi connectivity index (χ4n) is 1.35. The molecule has 0 fully saturated rings. The number of nitrogens with zero attached hydrogens (tertiary/aromatic N) is 2. The smallest absolute Gasteiger partial charge is 0.324 e. The third-order valence-corrected chi connectivity index (χ3v) is 2.35. The molecule has 0 aliphatic rings. The summed E-state index contributed by atoms with van der Waals surface area (Å²) in [6, 6.07) is -0.0345. The minimum absolute atomic E-state index is 0.0780. The molecule has 1 unspecified atom stereocenters. The van der Waals surface area contributed by atoms with Crippen molar-refractivity contribution in [1.82, 2.24) is 9.55 Å². The maximum absolute atomic E-state index is 10.5. The fraction of sp³-hybridized carbons (Fsp3) is 0.625. The second kappa shape index (κ2) is 4.63. The fourth-order valence-corrected chi connectivity index (χ4v) is 1.67. The molecule has 86 valence electrons. The van der Waals surface area contributed by atoms with Gasteiger partial charge in [0.15, 0.2) is 0 Å². The number of hydrogen-bond donors (Lipinski definition) is 1. The first-order valence-corrected chi connectivity index (χ1v) is 6.00. The molecule has 0 bridgehead atoms. The molecule has 0 radical (unpaired) electrons. The predicted molar refractivity (Wildman–Crippen MR) is 54.0 cm³/mol. The van der Waals surface area contributed by atoms with Crippen LogP contribution in [0.1, 0.15) is 32.7 Å². The minimum atomic E-state index is -4.50. The van der Waals surface area contributed by atoms with Gasteiger partial charge in [0, 0.05) is 18.4 Å². The zero-order chi connectivity index (χ0) is 11.5. The molecule has 1 aromatic heterocycles. The normalized spacial score (nSPS) is 13.8. The van der Waals surface area contributed by atoms with Gasteiger partial charge in [0.05, 0.1) is 0 Å². The van der Waals surface area contributed by atoms with Crippen molar-refractivity contribution in [3.8, 4) is 6.01 Å². The average molecular weight is 234 g/mol. The van der Waals surface area contributed by atoms with Gasteiger partial charge in [0.25, 0.3) is 0 Å². The monoisotopic (exact) mass is 234 g/mol. The molecule has 1 N–H and O–H groups in total. The SMILES string of the molecule is CCCC(C)n1ccnc1OS(=O)(=O)O. The van der Waals surface area contributed by atoms with Crippen molar-refractivity contribution >= 4 is 10.4 Å². The maximum atomic E-state index is 10.5. The second-order valence-electron chi connectivity index (χ2n) is 3.27. The Morgan fingerprint density at radius 3 is 2.87 bits per heavy atom. The summed E-state index contributed by atoms with van der Waals surface area (Å²) in [7, 11) is -4.50. The lowest BCUT2D eigenvalue weighted by Crippen LogP contribution is -2.13. The molecule has 1 aromatic rings. The summed E-state index contributed by atoms with van der Waals surface area (Å²) in [6.45, 7) is 3.94. The molecule has 15 heavy (non-hydrogen) atoms. The van der Waals surface area contributed by atoms with Crippen LogP contribution in [-0.4, -0.2) is 22.5 Å². The van der Waals surface area contributed by atoms with Gasteiger partial charge in [-0.15, -0.1) is 0 Å². The van der Waals surface area contributed by atoms with Crippen LogP contribution in [0.25, 0.3) is 0 Å². The molecule has 0 saturated carbocycles. The van der Waals surface area contributed by atoms with Crippen molar-refractivity contribution in [2.45, 2.75) is 32.7 Å². The summed E-state index contributed by atoms with van der Waals surface area (Å²) in [6.07, 6.45) is 4.87. The highest BCUT2D eigenvalue weighted by Crippen LogP contribution is 2.20. The van der Waals surface area contributed by atoms with E-state index in [0.717, 1.165) is 12.8 Å². The van der Waals surface area contributed by atoms with Crippen LogP contribution in [0.3, 0.4) is 0 Å². The van der Waals surface area contributed by atoms with E-state index in [-0.39, 0.29) is 12.1 Å². The first-order chi connectivity index (χ1) is 6.94. The van der Waals surface area contributed by atoms with Crippen LogP contribution in [0.4, 0.5) is 0 Å². The van der Waals surface area contributed by atoms with E-state index in [9.17, 15) is 8.42 Å². The molecule has 1 heterocycles. The number of imidazole rings is 1. The van der Waals surface area contributed by atoms with Crippen molar-refractivity contribution in [2.24, 2.45) is 0 Å². The van der Waals surface area contributed by atoms with Crippen LogP contribution in [0, 0.1) is 0 Å². The van der Waals surface area contributed by atoms with Crippen LogP contribution < -0.4 is 4.18 Å². The highest BCUT2D eigenvalue weighted by atomic mass is 32.3. The van der Waals surface area contributed by atoms with E-state index in [4.69, 9.17) is 4.55 Å². The Morgan fingerprint density at radius 2 is 2.33 bits per heavy atom. The van der Waals surface area contributed by atoms with Crippen molar-refractivity contribution in [2.75, 3.05) is 0 Å². The van der Waals surface area contributed by atoms with Crippen LogP contribution in [0.5, 0.6) is 6.01 Å². The third-order valence-electron chi connectivity index (χ3n) is 1.99. The summed E-state index contributed by atoms with van der Waals surface area (Å²) in [5.74, 6) is 0. The standard InChI is InChI=1S/C8H14N2O4S/c1-3-4-7(2)10-6-5-9-8(10)14-15(11,12)13/h5-7H,3-4H2,1-2H3,(H,11,12,13). The van der Waals surface area contributed by atoms with Crippen molar-refractivity contribution in [3.05, 3.63) is 12.4 Å². The molecule has 0 spiro atoms. The second-order valence-corrected chi connectivity index (χ2v) is 4.29. The molecule has 0 amide bonds. The average Bonchev–Trinajstić information content (AvgIpc) is 2.49. The van der Waals surface area contributed by atoms with E-state index < -0.39 is 10.4 Å². The van der Waals surface area contributed by atoms with Crippen LogP contribution in [-0.2, 0) is 10.4 Å². The minimum Gasteiger partial charge on any atom is -0.324 e. The topological polar surface area (TPSA) is 81.4 Å². The zero-order valence-corrected chi connectivity index (χ0v) is 9.44. The Labute approximate surface area is 88.8 Å². The number of hydrogen-bond acceptors (Lipinski definition) is 4. The molecule has 6 nitrogen and oxygen atoms in total. The molecule has 1 atom stereocenters. The molecule has 0 aliphatic heterocycles. The van der Waals surface area contributed by atoms with Crippen LogP contribution in [0.2, 0.25) is 0 Å². The van der Waals surface area contributed by atoms with Crippen LogP contribution >= 0.6 is 0 Å². The van der Waals surface area contributed by atoms with Gasteiger partial charge >= 0.3 is 16.4 Å². The van der Waals surface area contributed by atoms with Gasteiger partial charge in [-0.25, -0.2) is 4.98 Å². The largest absolute Gasteiger partial charge is 0.449 e. The number of aromatic nitrogens is 2. The van der Waals surface area contributed by atoms with Gasteiger partial charge < -0.3 is 4.18 Å². The van der Waals surface area contributed by atoms with Gasteiger partial charge in [-0.3, -0.25) is 9.12 Å². The van der Waals surface area contributed by atoms with E-state index in [1.54, 1.807) is 10.8 Å². The molecule has 0 aliphatic carbocycles. The van der Waals surface area contributed by atoms with Crippen molar-refractivity contribution < 1.29 is 17.2 Å². The third kappa shape index (κ3) is 3.52. The lowest BCUT2D eigenvalue weighted by Gasteiger charge is -2.13. The Morgan fingerprint density at radius 1 is 1.67 bits per heavy atom. The first kappa shape index (κ1) is 12.0. The summed E-state index contributed by atoms with van der Waals surface area (Å²) >= 11 is 0. The predicted octanol–water partition coefficient (Wildman–Crippen LogP) is 1.43. The van der Waals surface area contributed by atoms with Gasteiger partial charge in [-0.05, 0) is 13.3 Å². The first-order valence-electron chi connectivity index (χ1n) is 4.63. The van der Waals surface area contributed by atoms with Crippen LogP contribution in [0.15, 0.2) is 12.4 Å². The molecule has 7 heteroatoms. The number of rotatable bonds is 5. The van der Waals surface area contributed by atoms with E-state index in [1.165, 1.54) is 6.20 Å².